The van der Waals surface area contributed by atoms with Crippen molar-refractivity contribution in [3.05, 3.63) is 70.2 Å². The fraction of sp³-hybridized carbons (Fsp3) is 0.400. The second-order valence-corrected chi connectivity index (χ2v) is 11.6. The van der Waals surface area contributed by atoms with Crippen LogP contribution in [0.1, 0.15) is 40.6 Å². The molecule has 2 N–H and O–H groups in total. The Morgan fingerprint density at radius 1 is 1.21 bits per heavy atom. The van der Waals surface area contributed by atoms with Crippen molar-refractivity contribution in [1.29, 1.82) is 0 Å². The summed E-state index contributed by atoms with van der Waals surface area (Å²) in [5.41, 5.74) is 3.70. The second kappa shape index (κ2) is 10.3. The number of sulfonamides is 1. The van der Waals surface area contributed by atoms with Crippen LogP contribution in [0.2, 0.25) is 0 Å². The SMILES string of the molecule is COc1ccc(NS(C)(=O)=O)cc1CN(c1nc(C)c(C)s1)[C@H]1CCCN[C@H]1c1ccccc1. The maximum absolute atomic E-state index is 11.8. The zero-order valence-corrected chi connectivity index (χ0v) is 21.7. The van der Waals surface area contributed by atoms with Gasteiger partial charge >= 0.3 is 0 Å². The summed E-state index contributed by atoms with van der Waals surface area (Å²) in [6, 6.07) is 16.3. The molecule has 0 unspecified atom stereocenters. The van der Waals surface area contributed by atoms with E-state index in [-0.39, 0.29) is 12.1 Å². The minimum absolute atomic E-state index is 0.155. The molecular weight excluding hydrogens is 468 g/mol. The number of anilines is 2. The van der Waals surface area contributed by atoms with Crippen LogP contribution in [0.4, 0.5) is 10.8 Å². The molecule has 2 heterocycles. The molecule has 7 nitrogen and oxygen atoms in total. The maximum atomic E-state index is 11.8. The molecule has 34 heavy (non-hydrogen) atoms. The zero-order valence-electron chi connectivity index (χ0n) is 20.0. The van der Waals surface area contributed by atoms with E-state index in [2.05, 4.69) is 46.1 Å². The Bertz CT molecular complexity index is 1210. The lowest BCUT2D eigenvalue weighted by Crippen LogP contribution is -2.48. The highest BCUT2D eigenvalue weighted by molar-refractivity contribution is 7.92. The van der Waals surface area contributed by atoms with E-state index in [1.165, 1.54) is 10.4 Å². The Labute approximate surface area is 206 Å². The first-order valence-electron chi connectivity index (χ1n) is 11.4. The summed E-state index contributed by atoms with van der Waals surface area (Å²) >= 11 is 1.69. The number of ether oxygens (including phenoxy) is 1. The quantitative estimate of drug-likeness (QED) is 0.469. The zero-order chi connectivity index (χ0) is 24.3. The lowest BCUT2D eigenvalue weighted by atomic mass is 9.91. The Morgan fingerprint density at radius 3 is 2.62 bits per heavy atom. The highest BCUT2D eigenvalue weighted by Crippen LogP contribution is 2.37. The van der Waals surface area contributed by atoms with E-state index in [1.807, 2.05) is 25.1 Å². The third-order valence-corrected chi connectivity index (χ3v) is 7.89. The average Bonchev–Trinajstić information content (AvgIpc) is 3.15. The number of rotatable bonds is 8. The van der Waals surface area contributed by atoms with Gasteiger partial charge < -0.3 is 15.0 Å². The number of benzene rings is 2. The highest BCUT2D eigenvalue weighted by atomic mass is 32.2. The van der Waals surface area contributed by atoms with Crippen LogP contribution in [0, 0.1) is 13.8 Å². The van der Waals surface area contributed by atoms with E-state index < -0.39 is 10.0 Å². The summed E-state index contributed by atoms with van der Waals surface area (Å²) < 4.78 is 31.9. The van der Waals surface area contributed by atoms with Gasteiger partial charge in [-0.25, -0.2) is 13.4 Å². The van der Waals surface area contributed by atoms with Crippen molar-refractivity contribution in [1.82, 2.24) is 10.3 Å². The molecule has 9 heteroatoms. The molecule has 1 aromatic heterocycles. The van der Waals surface area contributed by atoms with Crippen molar-refractivity contribution in [2.45, 2.75) is 45.3 Å². The summed E-state index contributed by atoms with van der Waals surface area (Å²) in [7, 11) is -1.75. The third-order valence-electron chi connectivity index (χ3n) is 6.17. The van der Waals surface area contributed by atoms with Gasteiger partial charge in [0.15, 0.2) is 5.13 Å². The Balaban J connectivity index is 1.76. The number of nitrogens with one attached hydrogen (secondary N) is 2. The van der Waals surface area contributed by atoms with Crippen LogP contribution in [0.3, 0.4) is 0 Å². The first-order chi connectivity index (χ1) is 16.2. The number of hydrogen-bond acceptors (Lipinski definition) is 7. The van der Waals surface area contributed by atoms with Gasteiger partial charge in [-0.2, -0.15) is 0 Å². The minimum Gasteiger partial charge on any atom is -0.496 e. The Hall–Kier alpha value is -2.62. The average molecular weight is 501 g/mol. The van der Waals surface area contributed by atoms with Crippen molar-refractivity contribution in [3.8, 4) is 5.75 Å². The summed E-state index contributed by atoms with van der Waals surface area (Å²) in [5.74, 6) is 0.717. The largest absolute Gasteiger partial charge is 0.496 e. The summed E-state index contributed by atoms with van der Waals surface area (Å²) in [5, 5.41) is 4.69. The van der Waals surface area contributed by atoms with E-state index in [1.54, 1.807) is 24.5 Å². The predicted molar refractivity (Wildman–Crippen MR) is 139 cm³/mol. The van der Waals surface area contributed by atoms with Gasteiger partial charge in [0.1, 0.15) is 5.75 Å². The van der Waals surface area contributed by atoms with Gasteiger partial charge in [0, 0.05) is 22.7 Å². The topological polar surface area (TPSA) is 83.6 Å². The normalized spacial score (nSPS) is 18.5. The van der Waals surface area contributed by atoms with Gasteiger partial charge in [-0.1, -0.05) is 30.3 Å². The van der Waals surface area contributed by atoms with Gasteiger partial charge in [0.25, 0.3) is 0 Å². The fourth-order valence-corrected chi connectivity index (χ4v) is 6.00. The van der Waals surface area contributed by atoms with Crippen molar-refractivity contribution < 1.29 is 13.2 Å². The predicted octanol–water partition coefficient (Wildman–Crippen LogP) is 4.64. The first-order valence-corrected chi connectivity index (χ1v) is 14.1. The lowest BCUT2D eigenvalue weighted by Gasteiger charge is -2.41. The molecule has 1 aliphatic heterocycles. The number of thiazole rings is 1. The van der Waals surface area contributed by atoms with E-state index in [0.717, 1.165) is 42.0 Å². The monoisotopic (exact) mass is 500 g/mol. The van der Waals surface area contributed by atoms with Crippen LogP contribution in [0.25, 0.3) is 0 Å². The summed E-state index contributed by atoms with van der Waals surface area (Å²) in [6.45, 7) is 5.65. The first kappa shape index (κ1) is 24.5. The molecule has 2 atom stereocenters. The molecular formula is C25H32N4O3S2. The van der Waals surface area contributed by atoms with E-state index in [0.29, 0.717) is 18.0 Å². The Kier molecular flexibility index (Phi) is 7.45. The molecule has 1 fully saturated rings. The molecule has 0 saturated carbocycles. The van der Waals surface area contributed by atoms with Gasteiger partial charge in [-0.15, -0.1) is 11.3 Å². The number of hydrogen-bond donors (Lipinski definition) is 2. The molecule has 0 bridgehead atoms. The van der Waals surface area contributed by atoms with E-state index >= 15 is 0 Å². The molecule has 182 valence electrons. The molecule has 0 radical (unpaired) electrons. The molecule has 4 rings (SSSR count). The van der Waals surface area contributed by atoms with E-state index in [4.69, 9.17) is 9.72 Å². The molecule has 1 saturated heterocycles. The van der Waals surface area contributed by atoms with Crippen molar-refractivity contribution >= 4 is 32.2 Å². The molecule has 0 spiro atoms. The van der Waals surface area contributed by atoms with Crippen LogP contribution < -0.4 is 19.7 Å². The molecule has 3 aromatic rings. The number of nitrogens with zero attached hydrogens (tertiary/aromatic N) is 2. The van der Waals surface area contributed by atoms with Crippen molar-refractivity contribution in [2.24, 2.45) is 0 Å². The fourth-order valence-electron chi connectivity index (χ4n) is 4.48. The van der Waals surface area contributed by atoms with Gasteiger partial charge in [-0.05, 0) is 57.0 Å². The van der Waals surface area contributed by atoms with Gasteiger partial charge in [0.05, 0.1) is 31.1 Å². The lowest BCUT2D eigenvalue weighted by molar-refractivity contribution is 0.336. The molecule has 2 aromatic carbocycles. The molecule has 1 aliphatic rings. The number of methoxy groups -OCH3 is 1. The van der Waals surface area contributed by atoms with Crippen molar-refractivity contribution in [3.63, 3.8) is 0 Å². The van der Waals surface area contributed by atoms with Crippen LogP contribution in [0.15, 0.2) is 48.5 Å². The second-order valence-electron chi connectivity index (χ2n) is 8.72. The summed E-state index contributed by atoms with van der Waals surface area (Å²) in [4.78, 5) is 8.46. The van der Waals surface area contributed by atoms with Crippen LogP contribution in [0.5, 0.6) is 5.75 Å². The number of aryl methyl sites for hydroxylation is 2. The van der Waals surface area contributed by atoms with Crippen molar-refractivity contribution in [2.75, 3.05) is 29.5 Å². The maximum Gasteiger partial charge on any atom is 0.229 e. The molecule has 0 aliphatic carbocycles. The van der Waals surface area contributed by atoms with Crippen LogP contribution in [-0.4, -0.2) is 39.4 Å². The van der Waals surface area contributed by atoms with Gasteiger partial charge in [-0.3, -0.25) is 4.72 Å². The standard InChI is InChI=1S/C25H32N4O3S2/c1-17-18(2)33-25(27-17)29(22-11-8-14-26-24(22)19-9-6-5-7-10-19)16-20-15-21(28-34(4,30)31)12-13-23(20)32-3/h5-7,9-10,12-13,15,22,24,26,28H,8,11,14,16H2,1-4H3/t22-,24-/m0/s1. The minimum atomic E-state index is -3.39. The number of aromatic nitrogens is 1. The summed E-state index contributed by atoms with van der Waals surface area (Å²) in [6.07, 6.45) is 3.25. The van der Waals surface area contributed by atoms with Crippen LogP contribution >= 0.6 is 11.3 Å². The highest BCUT2D eigenvalue weighted by Gasteiger charge is 2.33. The smallest absolute Gasteiger partial charge is 0.229 e. The van der Waals surface area contributed by atoms with Crippen LogP contribution in [-0.2, 0) is 16.6 Å². The van der Waals surface area contributed by atoms with Gasteiger partial charge in [0.2, 0.25) is 10.0 Å². The third kappa shape index (κ3) is 5.71. The number of piperidine rings is 1. The Morgan fingerprint density at radius 2 is 1.97 bits per heavy atom. The molecule has 0 amide bonds. The van der Waals surface area contributed by atoms with E-state index in [9.17, 15) is 8.42 Å².